The highest BCUT2D eigenvalue weighted by molar-refractivity contribution is 6.13. The van der Waals surface area contributed by atoms with Gasteiger partial charge in [-0.05, 0) is 44.0 Å². The second-order valence-electron chi connectivity index (χ2n) is 6.28. The molecule has 0 N–H and O–H groups in total. The van der Waals surface area contributed by atoms with Crippen LogP contribution in [0.2, 0.25) is 0 Å². The highest BCUT2D eigenvalue weighted by Gasteiger charge is 2.17. The van der Waals surface area contributed by atoms with E-state index < -0.39 is 0 Å². The molecule has 3 rings (SSSR count). The van der Waals surface area contributed by atoms with E-state index >= 15 is 0 Å². The van der Waals surface area contributed by atoms with Crippen LogP contribution in [0.4, 0.5) is 10.1 Å². The Hall–Kier alpha value is -2.63. The number of hydrogen-bond acceptors (Lipinski definition) is 4. The molecular weight excluding hydrogens is 319 g/mol. The topological polar surface area (TPSA) is 42.6 Å². The van der Waals surface area contributed by atoms with Crippen molar-refractivity contribution in [3.8, 4) is 5.75 Å². The molecule has 0 radical (unpaired) electrons. The van der Waals surface area contributed by atoms with Crippen LogP contribution >= 0.6 is 0 Å². The maximum absolute atomic E-state index is 14.4. The lowest BCUT2D eigenvalue weighted by molar-refractivity contribution is 0.208. The number of allylic oxidation sites excluding steroid dienone is 1. The van der Waals surface area contributed by atoms with Crippen LogP contribution in [-0.4, -0.2) is 28.3 Å². The van der Waals surface area contributed by atoms with Crippen molar-refractivity contribution < 1.29 is 9.13 Å². The van der Waals surface area contributed by atoms with Crippen molar-refractivity contribution in [3.05, 3.63) is 53.7 Å². The summed E-state index contributed by atoms with van der Waals surface area (Å²) in [4.78, 5) is 6.64. The Balaban J connectivity index is 1.80. The normalized spacial score (nSPS) is 15.6. The second-order valence-corrected chi connectivity index (χ2v) is 6.28. The van der Waals surface area contributed by atoms with Crippen LogP contribution in [0.15, 0.2) is 47.4 Å². The van der Waals surface area contributed by atoms with E-state index in [1.807, 2.05) is 51.2 Å². The summed E-state index contributed by atoms with van der Waals surface area (Å²) in [6.07, 6.45) is 6.57. The summed E-state index contributed by atoms with van der Waals surface area (Å²) in [5.41, 5.74) is 3.51. The highest BCUT2D eigenvalue weighted by atomic mass is 19.1. The minimum atomic E-state index is -0.358. The van der Waals surface area contributed by atoms with Gasteiger partial charge in [-0.1, -0.05) is 6.92 Å². The molecule has 1 aliphatic rings. The SMILES string of the molecule is CCC(C)Oc1ccc(C2=NCN(c3cnn(C)c3)C=C2C)cc1F. The van der Waals surface area contributed by atoms with Gasteiger partial charge in [0.2, 0.25) is 0 Å². The zero-order chi connectivity index (χ0) is 18.0. The number of halogens is 1. The quantitative estimate of drug-likeness (QED) is 0.827. The fourth-order valence-electron chi connectivity index (χ4n) is 2.68. The highest BCUT2D eigenvalue weighted by Crippen LogP contribution is 2.25. The van der Waals surface area contributed by atoms with Crippen molar-refractivity contribution >= 4 is 11.4 Å². The van der Waals surface area contributed by atoms with Crippen molar-refractivity contribution in [2.24, 2.45) is 12.0 Å². The molecule has 0 amide bonds. The third kappa shape index (κ3) is 3.73. The van der Waals surface area contributed by atoms with Crippen molar-refractivity contribution in [1.29, 1.82) is 0 Å². The number of rotatable bonds is 5. The van der Waals surface area contributed by atoms with E-state index in [9.17, 15) is 4.39 Å². The van der Waals surface area contributed by atoms with Crippen molar-refractivity contribution in [3.63, 3.8) is 0 Å². The molecule has 0 bridgehead atoms. The largest absolute Gasteiger partial charge is 0.488 e. The first-order valence-corrected chi connectivity index (χ1v) is 8.43. The molecule has 1 unspecified atom stereocenters. The fourth-order valence-corrected chi connectivity index (χ4v) is 2.68. The summed E-state index contributed by atoms with van der Waals surface area (Å²) < 4.78 is 21.7. The van der Waals surface area contributed by atoms with Gasteiger partial charge in [-0.15, -0.1) is 0 Å². The van der Waals surface area contributed by atoms with Gasteiger partial charge in [0.25, 0.3) is 0 Å². The van der Waals surface area contributed by atoms with Crippen LogP contribution in [-0.2, 0) is 7.05 Å². The minimum absolute atomic E-state index is 0.0120. The monoisotopic (exact) mass is 342 g/mol. The summed E-state index contributed by atoms with van der Waals surface area (Å²) in [6, 6.07) is 5.03. The third-order valence-electron chi connectivity index (χ3n) is 4.24. The van der Waals surface area contributed by atoms with Crippen LogP contribution < -0.4 is 9.64 Å². The molecule has 1 atom stereocenters. The van der Waals surface area contributed by atoms with Crippen LogP contribution in [0.3, 0.4) is 0 Å². The predicted octanol–water partition coefficient (Wildman–Crippen LogP) is 3.91. The Morgan fingerprint density at radius 1 is 1.36 bits per heavy atom. The maximum Gasteiger partial charge on any atom is 0.165 e. The predicted molar refractivity (Wildman–Crippen MR) is 97.6 cm³/mol. The zero-order valence-electron chi connectivity index (χ0n) is 15.0. The summed E-state index contributed by atoms with van der Waals surface area (Å²) in [5, 5.41) is 4.18. The van der Waals surface area contributed by atoms with E-state index in [4.69, 9.17) is 4.74 Å². The fraction of sp³-hybridized carbons (Fsp3) is 0.368. The van der Waals surface area contributed by atoms with Crippen molar-refractivity contribution in [2.45, 2.75) is 33.3 Å². The molecule has 132 valence electrons. The number of ether oxygens (including phenoxy) is 1. The third-order valence-corrected chi connectivity index (χ3v) is 4.24. The molecule has 0 fully saturated rings. The molecule has 5 nitrogen and oxygen atoms in total. The van der Waals surface area contributed by atoms with Gasteiger partial charge in [-0.2, -0.15) is 5.10 Å². The first kappa shape index (κ1) is 17.2. The lowest BCUT2D eigenvalue weighted by Crippen LogP contribution is -2.24. The Labute approximate surface area is 147 Å². The van der Waals surface area contributed by atoms with Gasteiger partial charge in [0.05, 0.1) is 23.7 Å². The average molecular weight is 342 g/mol. The molecule has 25 heavy (non-hydrogen) atoms. The molecule has 1 aliphatic heterocycles. The molecule has 0 saturated heterocycles. The standard InChI is InChI=1S/C19H23FN4O/c1-5-14(3)25-18-7-6-15(8-17(18)20)19-13(2)10-24(12-21-19)16-9-22-23(4)11-16/h6-11,14H,5,12H2,1-4H3. The van der Waals surface area contributed by atoms with E-state index in [1.165, 1.54) is 6.07 Å². The van der Waals surface area contributed by atoms with Gasteiger partial charge in [-0.25, -0.2) is 4.39 Å². The van der Waals surface area contributed by atoms with Crippen LogP contribution in [0.25, 0.3) is 0 Å². The van der Waals surface area contributed by atoms with Gasteiger partial charge in [0, 0.05) is 25.0 Å². The number of nitrogens with zero attached hydrogens (tertiary/aromatic N) is 4. The molecule has 1 aromatic carbocycles. The molecular formula is C19H23FN4O. The van der Waals surface area contributed by atoms with Gasteiger partial charge in [0.15, 0.2) is 11.6 Å². The molecule has 0 aliphatic carbocycles. The van der Waals surface area contributed by atoms with E-state index in [0.29, 0.717) is 6.67 Å². The Morgan fingerprint density at radius 2 is 2.16 bits per heavy atom. The van der Waals surface area contributed by atoms with E-state index in [-0.39, 0.29) is 17.7 Å². The van der Waals surface area contributed by atoms with Crippen LogP contribution in [0.1, 0.15) is 32.8 Å². The maximum atomic E-state index is 14.4. The Bertz CT molecular complexity index is 825. The van der Waals surface area contributed by atoms with E-state index in [2.05, 4.69) is 10.1 Å². The smallest absolute Gasteiger partial charge is 0.165 e. The van der Waals surface area contributed by atoms with Gasteiger partial charge in [-0.3, -0.25) is 9.67 Å². The van der Waals surface area contributed by atoms with E-state index in [1.54, 1.807) is 16.9 Å². The van der Waals surface area contributed by atoms with E-state index in [0.717, 1.165) is 29.0 Å². The minimum Gasteiger partial charge on any atom is -0.488 e. The first-order valence-electron chi connectivity index (χ1n) is 8.43. The van der Waals surface area contributed by atoms with Crippen molar-refractivity contribution in [2.75, 3.05) is 11.6 Å². The number of aromatic nitrogens is 2. The number of anilines is 1. The van der Waals surface area contributed by atoms with Crippen LogP contribution in [0.5, 0.6) is 5.75 Å². The second kappa shape index (κ2) is 7.09. The summed E-state index contributed by atoms with van der Waals surface area (Å²) in [6.45, 7) is 6.39. The Kier molecular flexibility index (Phi) is 4.88. The summed E-state index contributed by atoms with van der Waals surface area (Å²) >= 11 is 0. The van der Waals surface area contributed by atoms with Gasteiger partial charge in [0.1, 0.15) is 6.67 Å². The molecule has 1 aromatic heterocycles. The van der Waals surface area contributed by atoms with Gasteiger partial charge >= 0.3 is 0 Å². The lowest BCUT2D eigenvalue weighted by Gasteiger charge is -2.23. The number of benzene rings is 1. The van der Waals surface area contributed by atoms with Gasteiger partial charge < -0.3 is 9.64 Å². The molecule has 6 heteroatoms. The number of hydrogen-bond donors (Lipinski definition) is 0. The van der Waals surface area contributed by atoms with Crippen LogP contribution in [0, 0.1) is 5.82 Å². The zero-order valence-corrected chi connectivity index (χ0v) is 15.0. The molecule has 0 spiro atoms. The molecule has 0 saturated carbocycles. The lowest BCUT2D eigenvalue weighted by atomic mass is 10.0. The molecule has 2 heterocycles. The van der Waals surface area contributed by atoms with Crippen molar-refractivity contribution in [1.82, 2.24) is 9.78 Å². The number of aliphatic imine (C=N–C) groups is 1. The summed E-state index contributed by atoms with van der Waals surface area (Å²) in [5.74, 6) is -0.0730. The molecule has 2 aromatic rings. The Morgan fingerprint density at radius 3 is 2.76 bits per heavy atom. The number of aryl methyl sites for hydroxylation is 1. The summed E-state index contributed by atoms with van der Waals surface area (Å²) in [7, 11) is 1.88. The first-order chi connectivity index (χ1) is 12.0. The average Bonchev–Trinajstić information content (AvgIpc) is 3.03.